The highest BCUT2D eigenvalue weighted by Gasteiger charge is 2.14. The van der Waals surface area contributed by atoms with Gasteiger partial charge in [0.2, 0.25) is 0 Å². The molecule has 5 heterocycles. The van der Waals surface area contributed by atoms with Gasteiger partial charge in [0.25, 0.3) is 0 Å². The first-order valence-electron chi connectivity index (χ1n) is 16.0. The number of rotatable bonds is 13. The van der Waals surface area contributed by atoms with Crippen LogP contribution in [0.3, 0.4) is 0 Å². The molecular weight excluding hydrogens is 599 g/mol. The number of aromatic amines is 2. The largest absolute Gasteiger partial charge is 0.494 e. The molecule has 6 rings (SSSR count). The SMILES string of the molecule is CCCCCCCCCCCCOc1ccc(-c2c3nc(cc4ccc(cc5ccc(cc6nc2C=C6)[nH]5)[nH]4)C=C3)cc1.Cl.Cl. The first-order valence-corrected chi connectivity index (χ1v) is 16.0. The smallest absolute Gasteiger partial charge is 0.119 e. The minimum atomic E-state index is 0. The Bertz CT molecular complexity index is 1660. The van der Waals surface area contributed by atoms with E-state index in [1.54, 1.807) is 0 Å². The molecular formula is C38H44Cl2N4O. The van der Waals surface area contributed by atoms with Crippen molar-refractivity contribution in [1.82, 2.24) is 19.9 Å². The monoisotopic (exact) mass is 642 g/mol. The summed E-state index contributed by atoms with van der Waals surface area (Å²) in [6, 6.07) is 23.0. The number of nitrogens with zero attached hydrogens (tertiary/aromatic N) is 2. The van der Waals surface area contributed by atoms with Crippen LogP contribution in [-0.4, -0.2) is 26.5 Å². The molecule has 45 heavy (non-hydrogen) atoms. The van der Waals surface area contributed by atoms with Crippen molar-refractivity contribution in [3.63, 3.8) is 0 Å². The van der Waals surface area contributed by atoms with Gasteiger partial charge in [-0.3, -0.25) is 0 Å². The van der Waals surface area contributed by atoms with Gasteiger partial charge in [-0.2, -0.15) is 0 Å². The van der Waals surface area contributed by atoms with Crippen molar-refractivity contribution in [2.75, 3.05) is 6.61 Å². The molecule has 3 aromatic heterocycles. The van der Waals surface area contributed by atoms with E-state index in [9.17, 15) is 0 Å². The van der Waals surface area contributed by atoms with Crippen LogP contribution in [0.5, 0.6) is 5.75 Å². The Morgan fingerprint density at radius 3 is 1.51 bits per heavy atom. The molecule has 8 bridgehead atoms. The van der Waals surface area contributed by atoms with E-state index >= 15 is 0 Å². The summed E-state index contributed by atoms with van der Waals surface area (Å²) >= 11 is 0. The molecule has 0 spiro atoms. The number of ether oxygens (including phenoxy) is 1. The maximum Gasteiger partial charge on any atom is 0.119 e. The van der Waals surface area contributed by atoms with Gasteiger partial charge in [-0.15, -0.1) is 24.8 Å². The predicted octanol–water partition coefficient (Wildman–Crippen LogP) is 11.5. The molecule has 0 saturated heterocycles. The number of aromatic nitrogens is 4. The van der Waals surface area contributed by atoms with E-state index in [1.165, 1.54) is 57.8 Å². The quantitative estimate of drug-likeness (QED) is 0.123. The number of nitrogens with one attached hydrogen (secondary N) is 2. The van der Waals surface area contributed by atoms with Gasteiger partial charge in [0.05, 0.1) is 29.4 Å². The normalized spacial score (nSPS) is 11.7. The minimum absolute atomic E-state index is 0. The highest BCUT2D eigenvalue weighted by Crippen LogP contribution is 2.32. The molecule has 2 N–H and O–H groups in total. The second-order valence-electron chi connectivity index (χ2n) is 11.6. The van der Waals surface area contributed by atoms with E-state index in [-0.39, 0.29) is 24.8 Å². The third-order valence-corrected chi connectivity index (χ3v) is 8.12. The summed E-state index contributed by atoms with van der Waals surface area (Å²) in [5.74, 6) is 0.907. The zero-order valence-corrected chi connectivity index (χ0v) is 27.7. The second-order valence-corrected chi connectivity index (χ2v) is 11.6. The lowest BCUT2D eigenvalue weighted by atomic mass is 10.0. The average molecular weight is 644 g/mol. The first kappa shape index (κ1) is 34.1. The molecule has 0 radical (unpaired) electrons. The lowest BCUT2D eigenvalue weighted by Gasteiger charge is -2.09. The van der Waals surface area contributed by atoms with Crippen LogP contribution in [0.4, 0.5) is 0 Å². The third kappa shape index (κ3) is 9.35. The molecule has 0 fully saturated rings. The van der Waals surface area contributed by atoms with Gasteiger partial charge in [-0.05, 0) is 90.9 Å². The van der Waals surface area contributed by atoms with E-state index < -0.39 is 0 Å². The van der Waals surface area contributed by atoms with Gasteiger partial charge in [0, 0.05) is 27.6 Å². The summed E-state index contributed by atoms with van der Waals surface area (Å²) in [4.78, 5) is 16.9. The van der Waals surface area contributed by atoms with Crippen LogP contribution >= 0.6 is 24.8 Å². The molecule has 0 atom stereocenters. The molecule has 236 valence electrons. The van der Waals surface area contributed by atoms with E-state index in [2.05, 4.69) is 108 Å². The van der Waals surface area contributed by atoms with Gasteiger partial charge in [-0.1, -0.05) is 76.8 Å². The number of hydrogen-bond acceptors (Lipinski definition) is 3. The fourth-order valence-corrected chi connectivity index (χ4v) is 5.80. The third-order valence-electron chi connectivity index (χ3n) is 8.12. The topological polar surface area (TPSA) is 66.6 Å². The summed E-state index contributed by atoms with van der Waals surface area (Å²) in [5.41, 5.74) is 9.81. The Morgan fingerprint density at radius 2 is 1.00 bits per heavy atom. The number of halogens is 2. The molecule has 7 heteroatoms. The number of fused-ring (bicyclic) bond motifs is 8. The van der Waals surface area contributed by atoms with Gasteiger partial charge in [-0.25, -0.2) is 9.97 Å². The van der Waals surface area contributed by atoms with Gasteiger partial charge in [0.15, 0.2) is 0 Å². The Labute approximate surface area is 279 Å². The van der Waals surface area contributed by atoms with Crippen molar-refractivity contribution in [2.45, 2.75) is 71.1 Å². The van der Waals surface area contributed by atoms with Crippen LogP contribution in [0.2, 0.25) is 0 Å². The fraction of sp³-hybridized carbons (Fsp3) is 0.316. The summed E-state index contributed by atoms with van der Waals surface area (Å²) in [6.07, 6.45) is 21.6. The van der Waals surface area contributed by atoms with Crippen LogP contribution in [-0.2, 0) is 0 Å². The molecule has 0 saturated carbocycles. The standard InChI is InChI=1S/C38H42N4O.2ClH/c1-2-3-4-5-6-7-8-9-10-11-24-43-35-20-12-28(13-21-35)38-36-22-18-33(41-36)26-31-16-14-29(39-31)25-30-15-17-32(40-30)27-34-19-23-37(38)42-34;;/h12-23,25-27,39-40H,2-11,24H2,1H3;2*1H. The number of benzene rings is 1. The van der Waals surface area contributed by atoms with Crippen molar-refractivity contribution >= 4 is 71.2 Å². The molecule has 0 amide bonds. The van der Waals surface area contributed by atoms with Crippen molar-refractivity contribution in [3.8, 4) is 16.9 Å². The number of unbranched alkanes of at least 4 members (excludes halogenated alkanes) is 9. The van der Waals surface area contributed by atoms with Crippen molar-refractivity contribution in [1.29, 1.82) is 0 Å². The summed E-state index contributed by atoms with van der Waals surface area (Å²) in [6.45, 7) is 3.04. The molecule has 1 aromatic carbocycles. The lowest BCUT2D eigenvalue weighted by molar-refractivity contribution is 0.304. The van der Waals surface area contributed by atoms with Gasteiger partial charge >= 0.3 is 0 Å². The molecule has 0 unspecified atom stereocenters. The van der Waals surface area contributed by atoms with Crippen LogP contribution in [0.15, 0.2) is 66.7 Å². The number of hydrogen-bond donors (Lipinski definition) is 2. The zero-order chi connectivity index (χ0) is 29.3. The maximum atomic E-state index is 6.10. The predicted molar refractivity (Wildman–Crippen MR) is 196 cm³/mol. The van der Waals surface area contributed by atoms with Crippen LogP contribution < -0.4 is 4.74 Å². The van der Waals surface area contributed by atoms with E-state index in [0.29, 0.717) is 0 Å². The Balaban J connectivity index is 0.00000230. The van der Waals surface area contributed by atoms with Gasteiger partial charge < -0.3 is 14.7 Å². The van der Waals surface area contributed by atoms with Crippen LogP contribution in [0.1, 0.15) is 93.9 Å². The zero-order valence-electron chi connectivity index (χ0n) is 26.1. The van der Waals surface area contributed by atoms with Crippen LogP contribution in [0.25, 0.3) is 57.5 Å². The number of H-pyrrole nitrogens is 2. The molecule has 2 aliphatic rings. The van der Waals surface area contributed by atoms with Crippen molar-refractivity contribution < 1.29 is 4.74 Å². The lowest BCUT2D eigenvalue weighted by Crippen LogP contribution is -1.97. The molecule has 5 nitrogen and oxygen atoms in total. The van der Waals surface area contributed by atoms with Crippen molar-refractivity contribution in [2.24, 2.45) is 0 Å². The highest BCUT2D eigenvalue weighted by atomic mass is 35.5. The minimum Gasteiger partial charge on any atom is -0.494 e. The van der Waals surface area contributed by atoms with Crippen LogP contribution in [0, 0.1) is 0 Å². The Morgan fingerprint density at radius 1 is 0.533 bits per heavy atom. The summed E-state index contributed by atoms with van der Waals surface area (Å²) in [5, 5.41) is 0. The maximum absolute atomic E-state index is 6.10. The van der Waals surface area contributed by atoms with E-state index in [1.807, 2.05) is 0 Å². The Kier molecular flexibility index (Phi) is 12.9. The second kappa shape index (κ2) is 17.0. The van der Waals surface area contributed by atoms with E-state index in [0.717, 1.165) is 74.7 Å². The summed E-state index contributed by atoms with van der Waals surface area (Å²) < 4.78 is 6.10. The molecule has 0 aliphatic carbocycles. The summed E-state index contributed by atoms with van der Waals surface area (Å²) in [7, 11) is 0. The first-order chi connectivity index (χ1) is 21.2. The van der Waals surface area contributed by atoms with Gasteiger partial charge in [0.1, 0.15) is 5.75 Å². The fourth-order valence-electron chi connectivity index (χ4n) is 5.80. The Hall–Kier alpha value is -3.80. The highest BCUT2D eigenvalue weighted by molar-refractivity contribution is 5.89. The van der Waals surface area contributed by atoms with Crippen molar-refractivity contribution in [3.05, 3.63) is 89.5 Å². The van der Waals surface area contributed by atoms with E-state index in [4.69, 9.17) is 14.7 Å². The molecule has 4 aromatic rings. The average Bonchev–Trinajstić information content (AvgIpc) is 3.83. The molecule has 2 aliphatic heterocycles.